The van der Waals surface area contributed by atoms with Gasteiger partial charge in [-0.05, 0) is 31.2 Å². The lowest BCUT2D eigenvalue weighted by molar-refractivity contribution is -0.151. The van der Waals surface area contributed by atoms with Crippen molar-refractivity contribution in [1.29, 1.82) is 0 Å². The van der Waals surface area contributed by atoms with E-state index in [-0.39, 0.29) is 24.9 Å². The third-order valence-corrected chi connectivity index (χ3v) is 5.33. The Kier molecular flexibility index (Phi) is 11.0. The van der Waals surface area contributed by atoms with E-state index in [1.807, 2.05) is 6.07 Å². The first-order valence-electron chi connectivity index (χ1n) is 11.7. The lowest BCUT2D eigenvalue weighted by Gasteiger charge is -2.24. The van der Waals surface area contributed by atoms with Crippen LogP contribution in [0.5, 0.6) is 0 Å². The van der Waals surface area contributed by atoms with Gasteiger partial charge in [0.05, 0.1) is 0 Å². The van der Waals surface area contributed by atoms with Crippen LogP contribution in [0.2, 0.25) is 0 Å². The highest BCUT2D eigenvalue weighted by Crippen LogP contribution is 2.07. The lowest BCUT2D eigenvalue weighted by atomic mass is 10.0. The van der Waals surface area contributed by atoms with Crippen LogP contribution < -0.4 is 21.3 Å². The first-order chi connectivity index (χ1) is 16.7. The van der Waals surface area contributed by atoms with E-state index in [9.17, 15) is 24.0 Å². The quantitative estimate of drug-likeness (QED) is 0.455. The first-order valence-corrected chi connectivity index (χ1v) is 11.7. The summed E-state index contributed by atoms with van der Waals surface area (Å²) in [6.45, 7) is 4.79. The molecule has 11 nitrogen and oxygen atoms in total. The van der Waals surface area contributed by atoms with Crippen LogP contribution in [-0.2, 0) is 35.3 Å². The zero-order valence-electron chi connectivity index (χ0n) is 20.3. The Bertz CT molecular complexity index is 891. The minimum absolute atomic E-state index is 0.0267. The van der Waals surface area contributed by atoms with E-state index >= 15 is 0 Å². The number of alkyl carbamates (subject to hydrolysis) is 1. The number of carbonyl (C=O) groups excluding carboxylic acids is 5. The maximum Gasteiger partial charge on any atom is 0.408 e. The molecule has 1 aliphatic heterocycles. The summed E-state index contributed by atoms with van der Waals surface area (Å²) >= 11 is 0. The fourth-order valence-electron chi connectivity index (χ4n) is 3.24. The Balaban J connectivity index is 2.12. The number of carbonyl (C=O) groups is 5. The predicted molar refractivity (Wildman–Crippen MR) is 126 cm³/mol. The second kappa shape index (κ2) is 13.9. The molecule has 3 atom stereocenters. The summed E-state index contributed by atoms with van der Waals surface area (Å²) in [6, 6.07) is 5.82. The average molecular weight is 491 g/mol. The van der Waals surface area contributed by atoms with Crippen molar-refractivity contribution in [2.75, 3.05) is 13.2 Å². The largest absolute Gasteiger partial charge is 0.461 e. The van der Waals surface area contributed by atoms with Gasteiger partial charge >= 0.3 is 12.1 Å². The maximum atomic E-state index is 12.8. The van der Waals surface area contributed by atoms with Crippen LogP contribution >= 0.6 is 0 Å². The molecule has 11 heteroatoms. The number of rotatable bonds is 4. The Labute approximate surface area is 204 Å². The summed E-state index contributed by atoms with van der Waals surface area (Å²) < 4.78 is 10.4. The smallest absolute Gasteiger partial charge is 0.408 e. The van der Waals surface area contributed by atoms with Crippen molar-refractivity contribution >= 4 is 29.8 Å². The molecule has 1 aromatic rings. The highest BCUT2D eigenvalue weighted by Gasteiger charge is 2.30. The molecule has 0 bridgehead atoms. The number of ether oxygens (including phenoxy) is 2. The van der Waals surface area contributed by atoms with Gasteiger partial charge in [0.15, 0.2) is 0 Å². The zero-order chi connectivity index (χ0) is 25.8. The summed E-state index contributed by atoms with van der Waals surface area (Å²) in [4.78, 5) is 62.4. The van der Waals surface area contributed by atoms with Crippen molar-refractivity contribution in [3.05, 3.63) is 35.9 Å². The summed E-state index contributed by atoms with van der Waals surface area (Å²) in [5, 5.41) is 10.2. The van der Waals surface area contributed by atoms with E-state index in [4.69, 9.17) is 9.47 Å². The van der Waals surface area contributed by atoms with Gasteiger partial charge < -0.3 is 30.7 Å². The summed E-state index contributed by atoms with van der Waals surface area (Å²) in [5.74, 6) is -2.46. The zero-order valence-corrected chi connectivity index (χ0v) is 20.3. The van der Waals surface area contributed by atoms with Gasteiger partial charge in [-0.15, -0.1) is 0 Å². The molecule has 0 unspecified atom stereocenters. The van der Waals surface area contributed by atoms with Gasteiger partial charge in [-0.1, -0.05) is 44.2 Å². The van der Waals surface area contributed by atoms with Crippen LogP contribution in [0.25, 0.3) is 0 Å². The van der Waals surface area contributed by atoms with Crippen LogP contribution in [0.3, 0.4) is 0 Å². The SMILES string of the molecule is CC(C)[C@@H]1NC(=O)CCCCNC(=O)[C@H](C)NC(=O)[C@@H](NC(=O)OCc2ccccc2)COC1=O. The third-order valence-electron chi connectivity index (χ3n) is 5.33. The van der Waals surface area contributed by atoms with Crippen LogP contribution in [0.1, 0.15) is 45.6 Å². The van der Waals surface area contributed by atoms with Gasteiger partial charge in [-0.25, -0.2) is 9.59 Å². The molecule has 0 saturated carbocycles. The minimum atomic E-state index is -1.33. The Morgan fingerprint density at radius 2 is 1.80 bits per heavy atom. The molecular weight excluding hydrogens is 456 g/mol. The third kappa shape index (κ3) is 9.63. The maximum absolute atomic E-state index is 12.8. The second-order valence-electron chi connectivity index (χ2n) is 8.66. The first kappa shape index (κ1) is 27.6. The topological polar surface area (TPSA) is 152 Å². The van der Waals surface area contributed by atoms with Crippen molar-refractivity contribution in [2.24, 2.45) is 5.92 Å². The van der Waals surface area contributed by atoms with E-state index in [1.165, 1.54) is 6.92 Å². The van der Waals surface area contributed by atoms with Gasteiger partial charge in [0.25, 0.3) is 0 Å². The molecule has 1 saturated heterocycles. The van der Waals surface area contributed by atoms with Gasteiger partial charge in [0.1, 0.15) is 31.3 Å². The fourth-order valence-corrected chi connectivity index (χ4v) is 3.24. The number of esters is 1. The van der Waals surface area contributed by atoms with Crippen molar-refractivity contribution in [1.82, 2.24) is 21.3 Å². The van der Waals surface area contributed by atoms with Gasteiger partial charge in [0, 0.05) is 13.0 Å². The van der Waals surface area contributed by atoms with E-state index in [1.54, 1.807) is 38.1 Å². The van der Waals surface area contributed by atoms with E-state index < -0.39 is 48.6 Å². The van der Waals surface area contributed by atoms with Crippen molar-refractivity contribution < 1.29 is 33.4 Å². The van der Waals surface area contributed by atoms with E-state index in [0.717, 1.165) is 5.56 Å². The van der Waals surface area contributed by atoms with Crippen molar-refractivity contribution in [3.8, 4) is 0 Å². The summed E-state index contributed by atoms with van der Waals surface area (Å²) in [7, 11) is 0. The summed E-state index contributed by atoms with van der Waals surface area (Å²) in [6.07, 6.45) is 0.360. The number of amides is 4. The second-order valence-corrected chi connectivity index (χ2v) is 8.66. The standard InChI is InChI=1S/C24H34N4O7/c1-15(2)20-23(32)34-14-18(27-24(33)35-13-17-9-5-4-6-10-17)22(31)26-16(3)21(30)25-12-8-7-11-19(29)28-20/h4-6,9-10,15-16,18,20H,7-8,11-14H2,1-3H3,(H,25,30)(H,26,31)(H,27,33)(H,28,29)/t16-,18-,20-/m0/s1. The predicted octanol–water partition coefficient (Wildman–Crippen LogP) is 0.770. The molecular formula is C24H34N4O7. The molecule has 4 N–H and O–H groups in total. The van der Waals surface area contributed by atoms with Gasteiger partial charge in [0.2, 0.25) is 17.7 Å². The Hall–Kier alpha value is -3.63. The normalized spacial score (nSPS) is 22.9. The van der Waals surface area contributed by atoms with Crippen molar-refractivity contribution in [3.63, 3.8) is 0 Å². The van der Waals surface area contributed by atoms with Crippen LogP contribution in [0.4, 0.5) is 4.79 Å². The Morgan fingerprint density at radius 3 is 2.49 bits per heavy atom. The molecule has 2 rings (SSSR count). The van der Waals surface area contributed by atoms with Crippen LogP contribution in [-0.4, -0.2) is 61.1 Å². The lowest BCUT2D eigenvalue weighted by Crippen LogP contribution is -2.55. The monoisotopic (exact) mass is 490 g/mol. The molecule has 35 heavy (non-hydrogen) atoms. The fraction of sp³-hybridized carbons (Fsp3) is 0.542. The van der Waals surface area contributed by atoms with E-state index in [2.05, 4.69) is 21.3 Å². The molecule has 1 aliphatic rings. The number of benzene rings is 1. The molecule has 1 heterocycles. The molecule has 1 aromatic carbocycles. The number of cyclic esters (lactones) is 1. The van der Waals surface area contributed by atoms with Crippen molar-refractivity contribution in [2.45, 2.75) is 64.8 Å². The molecule has 1 fully saturated rings. The van der Waals surface area contributed by atoms with E-state index in [0.29, 0.717) is 19.4 Å². The highest BCUT2D eigenvalue weighted by molar-refractivity contribution is 5.91. The highest BCUT2D eigenvalue weighted by atomic mass is 16.6. The summed E-state index contributed by atoms with van der Waals surface area (Å²) in [5.41, 5.74) is 0.748. The van der Waals surface area contributed by atoms with Gasteiger partial charge in [-0.3, -0.25) is 14.4 Å². The molecule has 192 valence electrons. The average Bonchev–Trinajstić information content (AvgIpc) is 2.82. The minimum Gasteiger partial charge on any atom is -0.461 e. The molecule has 0 radical (unpaired) electrons. The number of hydrogen-bond donors (Lipinski definition) is 4. The number of hydrogen-bond acceptors (Lipinski definition) is 7. The van der Waals surface area contributed by atoms with Crippen LogP contribution in [0, 0.1) is 5.92 Å². The Morgan fingerprint density at radius 1 is 1.09 bits per heavy atom. The molecule has 0 spiro atoms. The van der Waals surface area contributed by atoms with Gasteiger partial charge in [-0.2, -0.15) is 0 Å². The molecule has 0 aliphatic carbocycles. The van der Waals surface area contributed by atoms with Crippen LogP contribution in [0.15, 0.2) is 30.3 Å². The molecule has 4 amide bonds. The number of nitrogens with one attached hydrogen (secondary N) is 4. The molecule has 0 aromatic heterocycles.